The summed E-state index contributed by atoms with van der Waals surface area (Å²) in [5, 5.41) is 10.8. The Morgan fingerprint density at radius 1 is 1.50 bits per heavy atom. The quantitative estimate of drug-likeness (QED) is 0.471. The van der Waals surface area contributed by atoms with E-state index in [1.165, 1.54) is 18.1 Å². The highest BCUT2D eigenvalue weighted by Crippen LogP contribution is 2.29. The van der Waals surface area contributed by atoms with Crippen LogP contribution in [0.25, 0.3) is 0 Å². The molecule has 1 aromatic rings. The first kappa shape index (κ1) is 16.1. The predicted octanol–water partition coefficient (Wildman–Crippen LogP) is 1.99. The van der Waals surface area contributed by atoms with Gasteiger partial charge in [0.05, 0.1) is 21.8 Å². The summed E-state index contributed by atoms with van der Waals surface area (Å²) >= 11 is 1.05. The lowest BCUT2D eigenvalue weighted by atomic mass is 10.2. The van der Waals surface area contributed by atoms with Crippen LogP contribution in [-0.4, -0.2) is 41.4 Å². The van der Waals surface area contributed by atoms with Gasteiger partial charge >= 0.3 is 5.97 Å². The third kappa shape index (κ3) is 3.53. The Hall–Kier alpha value is -1.96. The molecule has 0 fully saturated rings. The Labute approximate surface area is 120 Å². The summed E-state index contributed by atoms with van der Waals surface area (Å²) in [6.45, 7) is 4.92. The van der Waals surface area contributed by atoms with E-state index in [0.29, 0.717) is 4.88 Å². The van der Waals surface area contributed by atoms with Gasteiger partial charge in [-0.25, -0.2) is 0 Å². The molecule has 8 heteroatoms. The van der Waals surface area contributed by atoms with Gasteiger partial charge in [-0.15, -0.1) is 11.3 Å². The van der Waals surface area contributed by atoms with Crippen molar-refractivity contribution in [1.82, 2.24) is 4.90 Å². The van der Waals surface area contributed by atoms with Gasteiger partial charge in [0, 0.05) is 12.1 Å². The topological polar surface area (TPSA) is 89.8 Å². The van der Waals surface area contributed by atoms with Crippen LogP contribution in [0.5, 0.6) is 0 Å². The molecule has 0 saturated heterocycles. The largest absolute Gasteiger partial charge is 0.468 e. The molecule has 0 N–H and O–H groups in total. The Balaban J connectivity index is 3.03. The number of hydrogen-bond acceptors (Lipinski definition) is 6. The molecule has 7 nitrogen and oxygen atoms in total. The maximum Gasteiger partial charge on any atom is 0.325 e. The molecule has 0 bridgehead atoms. The first-order valence-electron chi connectivity index (χ1n) is 5.90. The summed E-state index contributed by atoms with van der Waals surface area (Å²) in [4.78, 5) is 35.9. The Morgan fingerprint density at radius 2 is 2.10 bits per heavy atom. The molecule has 1 rings (SSSR count). The molecule has 20 heavy (non-hydrogen) atoms. The van der Waals surface area contributed by atoms with Crippen LogP contribution in [0.15, 0.2) is 6.07 Å². The van der Waals surface area contributed by atoms with Crippen LogP contribution >= 0.6 is 11.3 Å². The molecule has 0 aromatic carbocycles. The fraction of sp³-hybridized carbons (Fsp3) is 0.500. The van der Waals surface area contributed by atoms with E-state index < -0.39 is 16.8 Å². The van der Waals surface area contributed by atoms with Gasteiger partial charge < -0.3 is 9.64 Å². The van der Waals surface area contributed by atoms with Crippen molar-refractivity contribution in [3.8, 4) is 0 Å². The summed E-state index contributed by atoms with van der Waals surface area (Å²) in [6.07, 6.45) is 0. The zero-order valence-electron chi connectivity index (χ0n) is 11.7. The third-order valence-electron chi connectivity index (χ3n) is 2.71. The highest BCUT2D eigenvalue weighted by Gasteiger charge is 2.26. The molecule has 1 heterocycles. The van der Waals surface area contributed by atoms with E-state index in [9.17, 15) is 19.7 Å². The van der Waals surface area contributed by atoms with Crippen molar-refractivity contribution in [2.24, 2.45) is 0 Å². The fourth-order valence-corrected chi connectivity index (χ4v) is 2.54. The predicted molar refractivity (Wildman–Crippen MR) is 73.9 cm³/mol. The Kier molecular flexibility index (Phi) is 5.20. The summed E-state index contributed by atoms with van der Waals surface area (Å²) in [7, 11) is 1.24. The number of nitro groups is 1. The molecule has 0 aliphatic carbocycles. The SMILES string of the molecule is COC(=O)CN(C(=O)c1cc([N+](=O)[O-])c(C)s1)C(C)C. The first-order valence-corrected chi connectivity index (χ1v) is 6.72. The average Bonchev–Trinajstić information content (AvgIpc) is 2.76. The number of ether oxygens (including phenoxy) is 1. The minimum absolute atomic E-state index is 0.0832. The van der Waals surface area contributed by atoms with E-state index in [2.05, 4.69) is 4.74 Å². The van der Waals surface area contributed by atoms with Gasteiger partial charge in [0.15, 0.2) is 0 Å². The normalized spacial score (nSPS) is 10.4. The molecule has 0 spiro atoms. The van der Waals surface area contributed by atoms with E-state index in [1.54, 1.807) is 20.8 Å². The van der Waals surface area contributed by atoms with Crippen molar-refractivity contribution < 1.29 is 19.2 Å². The van der Waals surface area contributed by atoms with Crippen LogP contribution in [-0.2, 0) is 9.53 Å². The number of nitrogens with zero attached hydrogens (tertiary/aromatic N) is 2. The van der Waals surface area contributed by atoms with Crippen LogP contribution in [0, 0.1) is 17.0 Å². The maximum atomic E-state index is 12.3. The Morgan fingerprint density at radius 3 is 2.50 bits per heavy atom. The first-order chi connectivity index (χ1) is 9.27. The number of methoxy groups -OCH3 is 1. The van der Waals surface area contributed by atoms with Crippen molar-refractivity contribution in [3.63, 3.8) is 0 Å². The lowest BCUT2D eigenvalue weighted by molar-refractivity contribution is -0.385. The number of esters is 1. The van der Waals surface area contributed by atoms with Gasteiger partial charge in [0.2, 0.25) is 0 Å². The second-order valence-corrected chi connectivity index (χ2v) is 5.67. The number of carbonyl (C=O) groups is 2. The molecule has 0 radical (unpaired) electrons. The second kappa shape index (κ2) is 6.47. The summed E-state index contributed by atoms with van der Waals surface area (Å²) < 4.78 is 4.55. The van der Waals surface area contributed by atoms with Crippen molar-refractivity contribution in [1.29, 1.82) is 0 Å². The van der Waals surface area contributed by atoms with Crippen molar-refractivity contribution in [2.75, 3.05) is 13.7 Å². The lowest BCUT2D eigenvalue weighted by Crippen LogP contribution is -2.40. The monoisotopic (exact) mass is 300 g/mol. The van der Waals surface area contributed by atoms with Gasteiger partial charge in [0.1, 0.15) is 6.54 Å². The van der Waals surface area contributed by atoms with Gasteiger partial charge in [-0.1, -0.05) is 0 Å². The van der Waals surface area contributed by atoms with Crippen LogP contribution in [0.2, 0.25) is 0 Å². The number of carbonyl (C=O) groups excluding carboxylic acids is 2. The maximum absolute atomic E-state index is 12.3. The summed E-state index contributed by atoms with van der Waals surface area (Å²) in [5.41, 5.74) is -0.0832. The third-order valence-corrected chi connectivity index (χ3v) is 3.74. The molecule has 0 atom stereocenters. The van der Waals surface area contributed by atoms with Crippen LogP contribution < -0.4 is 0 Å². The van der Waals surface area contributed by atoms with Gasteiger partial charge in [-0.05, 0) is 20.8 Å². The molecular formula is C12H16N2O5S. The van der Waals surface area contributed by atoms with Gasteiger partial charge in [-0.2, -0.15) is 0 Å². The molecule has 0 aliphatic rings. The average molecular weight is 300 g/mol. The highest BCUT2D eigenvalue weighted by atomic mass is 32.1. The van der Waals surface area contributed by atoms with Crippen LogP contribution in [0.4, 0.5) is 5.69 Å². The smallest absolute Gasteiger partial charge is 0.325 e. The van der Waals surface area contributed by atoms with Gasteiger partial charge in [-0.3, -0.25) is 19.7 Å². The number of rotatable bonds is 5. The molecule has 0 unspecified atom stereocenters. The lowest BCUT2D eigenvalue weighted by Gasteiger charge is -2.24. The molecule has 0 aliphatic heterocycles. The molecular weight excluding hydrogens is 284 g/mol. The van der Waals surface area contributed by atoms with Crippen molar-refractivity contribution in [2.45, 2.75) is 26.8 Å². The number of amides is 1. The standard InChI is InChI=1S/C12H16N2O5S/c1-7(2)13(6-11(15)19-4)12(16)10-5-9(14(17)18)8(3)20-10/h5,7H,6H2,1-4H3. The fourth-order valence-electron chi connectivity index (χ4n) is 1.59. The zero-order valence-corrected chi connectivity index (χ0v) is 12.5. The number of aryl methyl sites for hydroxylation is 1. The van der Waals surface area contributed by atoms with Crippen LogP contribution in [0.1, 0.15) is 28.4 Å². The molecule has 0 saturated carbocycles. The van der Waals surface area contributed by atoms with Crippen molar-refractivity contribution in [3.05, 3.63) is 25.9 Å². The minimum Gasteiger partial charge on any atom is -0.468 e. The summed E-state index contributed by atoms with van der Waals surface area (Å²) in [5.74, 6) is -0.943. The second-order valence-electron chi connectivity index (χ2n) is 4.41. The number of hydrogen-bond donors (Lipinski definition) is 0. The highest BCUT2D eigenvalue weighted by molar-refractivity contribution is 7.14. The Bertz CT molecular complexity index is 538. The van der Waals surface area contributed by atoms with Crippen molar-refractivity contribution >= 4 is 28.9 Å². The minimum atomic E-state index is -0.533. The molecule has 1 aromatic heterocycles. The number of thiophene rings is 1. The molecule has 110 valence electrons. The zero-order chi connectivity index (χ0) is 15.4. The van der Waals surface area contributed by atoms with E-state index in [0.717, 1.165) is 11.3 Å². The van der Waals surface area contributed by atoms with E-state index >= 15 is 0 Å². The summed E-state index contributed by atoms with van der Waals surface area (Å²) in [6, 6.07) is 1.03. The van der Waals surface area contributed by atoms with E-state index in [-0.39, 0.29) is 23.2 Å². The van der Waals surface area contributed by atoms with E-state index in [1.807, 2.05) is 0 Å². The molecule has 1 amide bonds. The van der Waals surface area contributed by atoms with E-state index in [4.69, 9.17) is 0 Å². The van der Waals surface area contributed by atoms with Gasteiger partial charge in [0.25, 0.3) is 11.6 Å². The van der Waals surface area contributed by atoms with Crippen LogP contribution in [0.3, 0.4) is 0 Å².